The Hall–Kier alpha value is -0.240. The van der Waals surface area contributed by atoms with Gasteiger partial charge in [-0.25, -0.2) is 5.26 Å². The molecule has 0 rings (SSSR count). The third-order valence-corrected chi connectivity index (χ3v) is 2.76. The van der Waals surface area contributed by atoms with Crippen LogP contribution in [0.1, 0.15) is 71.1 Å². The van der Waals surface area contributed by atoms with Crippen LogP contribution in [0.3, 0.4) is 0 Å². The van der Waals surface area contributed by atoms with E-state index in [9.17, 15) is 5.11 Å². The van der Waals surface area contributed by atoms with E-state index in [2.05, 4.69) is 26.9 Å². The molecule has 0 aromatic carbocycles. The van der Waals surface area contributed by atoms with E-state index < -0.39 is 6.29 Å². The Labute approximate surface area is 109 Å². The number of aliphatic hydroxyl groups excluding tert-OH is 1. The van der Waals surface area contributed by atoms with E-state index in [1.165, 1.54) is 44.9 Å². The van der Waals surface area contributed by atoms with E-state index in [-0.39, 0.29) is 0 Å². The van der Waals surface area contributed by atoms with Crippen LogP contribution in [0.15, 0.2) is 0 Å². The summed E-state index contributed by atoms with van der Waals surface area (Å²) in [4.78, 5) is 4.30. The smallest absolute Gasteiger partial charge is 0.191 e. The zero-order chi connectivity index (χ0) is 13.5. The minimum absolute atomic E-state index is 0.463. The second-order valence-corrected chi connectivity index (χ2v) is 4.38. The van der Waals surface area contributed by atoms with Crippen molar-refractivity contribution in [3.05, 3.63) is 0 Å². The molecule has 0 saturated heterocycles. The molecule has 6 heteroatoms. The average molecular weight is 266 g/mol. The molecule has 0 aromatic rings. The molecule has 2 N–H and O–H groups in total. The maximum absolute atomic E-state index is 9.21. The second-order valence-electron chi connectivity index (χ2n) is 4.38. The molecule has 0 spiro atoms. The number of rotatable bonds is 14. The fourth-order valence-electron chi connectivity index (χ4n) is 1.75. The first kappa shape index (κ1) is 17.8. The van der Waals surface area contributed by atoms with E-state index in [0.29, 0.717) is 6.42 Å². The van der Waals surface area contributed by atoms with Gasteiger partial charge in [0, 0.05) is 6.42 Å². The normalized spacial score (nSPS) is 12.8. The molecule has 6 nitrogen and oxygen atoms in total. The van der Waals surface area contributed by atoms with Crippen LogP contribution in [-0.2, 0) is 20.0 Å². The summed E-state index contributed by atoms with van der Waals surface area (Å²) in [7, 11) is 0. The molecule has 0 fully saturated rings. The summed E-state index contributed by atoms with van der Waals surface area (Å²) in [6.45, 7) is 2.22. The largest absolute Gasteiger partial charge is 0.366 e. The highest BCUT2D eigenvalue weighted by molar-refractivity contribution is 4.48. The molecule has 0 aliphatic carbocycles. The van der Waals surface area contributed by atoms with E-state index >= 15 is 0 Å². The lowest BCUT2D eigenvalue weighted by molar-refractivity contribution is -0.712. The molecule has 0 aliphatic rings. The summed E-state index contributed by atoms with van der Waals surface area (Å²) >= 11 is 0. The maximum atomic E-state index is 9.21. The van der Waals surface area contributed by atoms with Crippen LogP contribution in [0.5, 0.6) is 0 Å². The molecule has 0 saturated carbocycles. The molecular formula is C12H26O6. The van der Waals surface area contributed by atoms with Crippen molar-refractivity contribution < 1.29 is 30.4 Å². The van der Waals surface area contributed by atoms with Crippen molar-refractivity contribution in [3.8, 4) is 0 Å². The van der Waals surface area contributed by atoms with Gasteiger partial charge in [-0.05, 0) is 21.5 Å². The Bertz CT molecular complexity index is 156. The van der Waals surface area contributed by atoms with Gasteiger partial charge in [-0.15, -0.1) is 0 Å². The minimum atomic E-state index is -1.07. The van der Waals surface area contributed by atoms with Crippen LogP contribution < -0.4 is 0 Å². The highest BCUT2D eigenvalue weighted by Gasteiger charge is 2.05. The lowest BCUT2D eigenvalue weighted by Crippen LogP contribution is -2.12. The van der Waals surface area contributed by atoms with Gasteiger partial charge in [0.05, 0.1) is 0 Å². The summed E-state index contributed by atoms with van der Waals surface area (Å²) in [6.07, 6.45) is 10.3. The summed E-state index contributed by atoms with van der Waals surface area (Å²) in [5.41, 5.74) is 0. The monoisotopic (exact) mass is 266 g/mol. The van der Waals surface area contributed by atoms with Gasteiger partial charge in [-0.2, -0.15) is 4.89 Å². The Morgan fingerprint density at radius 2 is 1.39 bits per heavy atom. The molecule has 0 radical (unpaired) electrons. The first-order valence-corrected chi connectivity index (χ1v) is 6.79. The molecule has 0 heterocycles. The molecule has 0 aromatic heterocycles. The Morgan fingerprint density at radius 1 is 0.833 bits per heavy atom. The van der Waals surface area contributed by atoms with Crippen LogP contribution in [-0.4, -0.2) is 16.7 Å². The van der Waals surface area contributed by atoms with Gasteiger partial charge in [0.25, 0.3) is 0 Å². The number of hydrogen-bond donors (Lipinski definition) is 2. The van der Waals surface area contributed by atoms with E-state index in [0.717, 1.165) is 12.8 Å². The van der Waals surface area contributed by atoms with Gasteiger partial charge >= 0.3 is 0 Å². The van der Waals surface area contributed by atoms with Crippen LogP contribution in [0.25, 0.3) is 0 Å². The quantitative estimate of drug-likeness (QED) is 0.217. The van der Waals surface area contributed by atoms with E-state index in [1.807, 2.05) is 0 Å². The second kappa shape index (κ2) is 14.8. The summed E-state index contributed by atoms with van der Waals surface area (Å²) < 4.78 is 0. The lowest BCUT2D eigenvalue weighted by atomic mass is 10.1. The fraction of sp³-hybridized carbons (Fsp3) is 1.00. The number of aliphatic hydroxyl groups is 1. The predicted octanol–water partition coefficient (Wildman–Crippen LogP) is 3.51. The predicted molar refractivity (Wildman–Crippen MR) is 64.8 cm³/mol. The molecule has 18 heavy (non-hydrogen) atoms. The van der Waals surface area contributed by atoms with Gasteiger partial charge in [0.1, 0.15) is 0 Å². The van der Waals surface area contributed by atoms with Crippen molar-refractivity contribution in [1.29, 1.82) is 0 Å². The SMILES string of the molecule is CCCCCCCCCCCC(O)OOOOO. The van der Waals surface area contributed by atoms with Crippen molar-refractivity contribution in [2.45, 2.75) is 77.4 Å². The van der Waals surface area contributed by atoms with Crippen LogP contribution >= 0.6 is 0 Å². The molecule has 110 valence electrons. The average Bonchev–Trinajstić information content (AvgIpc) is 2.37. The highest BCUT2D eigenvalue weighted by atomic mass is 17.8. The lowest BCUT2D eigenvalue weighted by Gasteiger charge is -2.07. The standard InChI is InChI=1S/C12H26O6/c1-2-3-4-5-6-7-8-9-10-11-12(13)15-17-18-16-14/h12-14H,2-11H2,1H3. The Kier molecular flexibility index (Phi) is 14.6. The van der Waals surface area contributed by atoms with Crippen molar-refractivity contribution in [3.63, 3.8) is 0 Å². The highest BCUT2D eigenvalue weighted by Crippen LogP contribution is 2.11. The molecule has 0 aliphatic heterocycles. The van der Waals surface area contributed by atoms with Gasteiger partial charge in [0.15, 0.2) is 6.29 Å². The zero-order valence-corrected chi connectivity index (χ0v) is 11.2. The van der Waals surface area contributed by atoms with Gasteiger partial charge in [-0.1, -0.05) is 58.3 Å². The Balaban J connectivity index is 3.05. The molecular weight excluding hydrogens is 240 g/mol. The first-order valence-electron chi connectivity index (χ1n) is 6.79. The summed E-state index contributed by atoms with van der Waals surface area (Å²) in [5, 5.41) is 27.5. The molecule has 1 unspecified atom stereocenters. The molecule has 0 bridgehead atoms. The third kappa shape index (κ3) is 13.8. The third-order valence-electron chi connectivity index (χ3n) is 2.76. The Morgan fingerprint density at radius 3 is 1.94 bits per heavy atom. The van der Waals surface area contributed by atoms with Crippen molar-refractivity contribution in [2.75, 3.05) is 0 Å². The van der Waals surface area contributed by atoms with Crippen LogP contribution in [0, 0.1) is 0 Å². The van der Waals surface area contributed by atoms with Gasteiger partial charge in [0.2, 0.25) is 0 Å². The van der Waals surface area contributed by atoms with Gasteiger partial charge < -0.3 is 5.11 Å². The summed E-state index contributed by atoms with van der Waals surface area (Å²) in [6, 6.07) is 0. The first-order chi connectivity index (χ1) is 8.81. The number of unbranched alkanes of at least 4 members (excludes halogenated alkanes) is 8. The van der Waals surface area contributed by atoms with Crippen molar-refractivity contribution in [1.82, 2.24) is 0 Å². The maximum Gasteiger partial charge on any atom is 0.191 e. The van der Waals surface area contributed by atoms with E-state index in [1.54, 1.807) is 0 Å². The van der Waals surface area contributed by atoms with Crippen molar-refractivity contribution >= 4 is 0 Å². The minimum Gasteiger partial charge on any atom is -0.366 e. The molecule has 1 atom stereocenters. The van der Waals surface area contributed by atoms with E-state index in [4.69, 9.17) is 5.26 Å². The molecule has 0 amide bonds. The zero-order valence-electron chi connectivity index (χ0n) is 11.2. The van der Waals surface area contributed by atoms with Gasteiger partial charge in [-0.3, -0.25) is 0 Å². The topological polar surface area (TPSA) is 77.4 Å². The van der Waals surface area contributed by atoms with Crippen molar-refractivity contribution in [2.24, 2.45) is 0 Å². The number of hydrogen-bond acceptors (Lipinski definition) is 6. The summed E-state index contributed by atoms with van der Waals surface area (Å²) in [5.74, 6) is 0. The van der Waals surface area contributed by atoms with Crippen LogP contribution in [0.2, 0.25) is 0 Å². The fourth-order valence-corrected chi connectivity index (χ4v) is 1.75. The van der Waals surface area contributed by atoms with Crippen LogP contribution in [0.4, 0.5) is 0 Å².